The van der Waals surface area contributed by atoms with Crippen molar-refractivity contribution in [3.63, 3.8) is 0 Å². The molecule has 0 aliphatic carbocycles. The van der Waals surface area contributed by atoms with Crippen molar-refractivity contribution in [3.8, 4) is 0 Å². The first-order valence-corrected chi connectivity index (χ1v) is 7.36. The van der Waals surface area contributed by atoms with Crippen molar-refractivity contribution in [2.45, 2.75) is 51.7 Å². The second-order valence-corrected chi connectivity index (χ2v) is 6.58. The van der Waals surface area contributed by atoms with Gasteiger partial charge in [0, 0.05) is 17.8 Å². The van der Waals surface area contributed by atoms with Crippen LogP contribution >= 0.6 is 0 Å². The van der Waals surface area contributed by atoms with E-state index in [2.05, 4.69) is 4.98 Å². The first-order chi connectivity index (χ1) is 9.75. The lowest BCUT2D eigenvalue weighted by atomic mass is 9.89. The Morgan fingerprint density at radius 2 is 1.86 bits per heavy atom. The summed E-state index contributed by atoms with van der Waals surface area (Å²) in [6.07, 6.45) is 3.74. The minimum Gasteiger partial charge on any atom is -0.400 e. The average Bonchev–Trinajstić information content (AvgIpc) is 2.64. The van der Waals surface area contributed by atoms with E-state index in [0.717, 1.165) is 11.3 Å². The normalized spacial score (nSPS) is 21.9. The van der Waals surface area contributed by atoms with Gasteiger partial charge in [-0.05, 0) is 39.3 Å². The van der Waals surface area contributed by atoms with E-state index in [9.17, 15) is 0 Å². The van der Waals surface area contributed by atoms with Gasteiger partial charge in [-0.25, -0.2) is 0 Å². The topological polar surface area (TPSA) is 51.6 Å². The monoisotopic (exact) mass is 289 g/mol. The third kappa shape index (κ3) is 3.54. The predicted molar refractivity (Wildman–Crippen MR) is 84.9 cm³/mol. The Morgan fingerprint density at radius 3 is 2.33 bits per heavy atom. The van der Waals surface area contributed by atoms with E-state index in [4.69, 9.17) is 14.4 Å². The third-order valence-corrected chi connectivity index (χ3v) is 4.31. The van der Waals surface area contributed by atoms with Crippen LogP contribution in [0.4, 0.5) is 0 Å². The number of hydrogen-bond donors (Lipinski definition) is 1. The zero-order valence-electron chi connectivity index (χ0n) is 13.5. The van der Waals surface area contributed by atoms with Crippen molar-refractivity contribution in [2.75, 3.05) is 6.61 Å². The maximum absolute atomic E-state index is 9.12. The molecule has 0 amide bonds. The highest BCUT2D eigenvalue weighted by Gasteiger charge is 2.49. The fourth-order valence-electron chi connectivity index (χ4n) is 2.06. The van der Waals surface area contributed by atoms with Gasteiger partial charge in [-0.3, -0.25) is 4.98 Å². The third-order valence-electron chi connectivity index (χ3n) is 4.31. The van der Waals surface area contributed by atoms with Gasteiger partial charge in [-0.1, -0.05) is 25.0 Å². The molecule has 114 valence electrons. The Balaban J connectivity index is 2.03. The summed E-state index contributed by atoms with van der Waals surface area (Å²) in [5.74, 6) is 1.97. The van der Waals surface area contributed by atoms with E-state index in [1.54, 1.807) is 6.20 Å². The Morgan fingerprint density at radius 1 is 1.24 bits per heavy atom. The summed E-state index contributed by atoms with van der Waals surface area (Å²) >= 11 is 0. The molecule has 4 nitrogen and oxygen atoms in total. The van der Waals surface area contributed by atoms with Crippen LogP contribution in [0.25, 0.3) is 6.08 Å². The lowest BCUT2D eigenvalue weighted by Crippen LogP contribution is -2.41. The van der Waals surface area contributed by atoms with Crippen LogP contribution in [-0.2, 0) is 9.31 Å². The van der Waals surface area contributed by atoms with Crippen LogP contribution in [0.2, 0.25) is 0 Å². The molecule has 21 heavy (non-hydrogen) atoms. The maximum Gasteiger partial charge on any atom is 0.487 e. The molecule has 1 unspecified atom stereocenters. The Kier molecular flexibility index (Phi) is 4.56. The molecule has 1 fully saturated rings. The van der Waals surface area contributed by atoms with Crippen molar-refractivity contribution in [3.05, 3.63) is 35.6 Å². The molecule has 1 aromatic rings. The van der Waals surface area contributed by atoms with Gasteiger partial charge >= 0.3 is 7.12 Å². The van der Waals surface area contributed by atoms with Gasteiger partial charge in [0.15, 0.2) is 0 Å². The van der Waals surface area contributed by atoms with Crippen LogP contribution in [0, 0.1) is 0 Å². The largest absolute Gasteiger partial charge is 0.487 e. The first-order valence-electron chi connectivity index (χ1n) is 7.36. The number of nitrogens with zero attached hydrogens (tertiary/aromatic N) is 1. The maximum atomic E-state index is 9.12. The van der Waals surface area contributed by atoms with Crippen LogP contribution in [0.5, 0.6) is 0 Å². The molecular weight excluding hydrogens is 265 g/mol. The summed E-state index contributed by atoms with van der Waals surface area (Å²) in [7, 11) is -0.342. The standard InChI is InChI=1S/C16H24BNO3/c1-12(11-19)14-7-6-13(10-18-14)8-9-17-20-15(2,3)16(4,5)21-17/h6-10,12,19H,11H2,1-5H3/b9-8+. The highest BCUT2D eigenvalue weighted by atomic mass is 16.7. The molecule has 1 aromatic heterocycles. The van der Waals surface area contributed by atoms with Crippen molar-refractivity contribution in [1.29, 1.82) is 0 Å². The molecule has 0 radical (unpaired) electrons. The van der Waals surface area contributed by atoms with Crippen LogP contribution in [0.15, 0.2) is 24.3 Å². The van der Waals surface area contributed by atoms with Gasteiger partial charge in [-0.15, -0.1) is 0 Å². The van der Waals surface area contributed by atoms with E-state index in [-0.39, 0.29) is 30.8 Å². The van der Waals surface area contributed by atoms with Crippen molar-refractivity contribution < 1.29 is 14.4 Å². The second kappa shape index (κ2) is 5.91. The zero-order chi connectivity index (χ0) is 15.7. The van der Waals surface area contributed by atoms with Crippen LogP contribution in [0.3, 0.4) is 0 Å². The highest BCUT2D eigenvalue weighted by molar-refractivity contribution is 6.52. The minimum atomic E-state index is -0.342. The number of hydrogen-bond acceptors (Lipinski definition) is 4. The van der Waals surface area contributed by atoms with E-state index < -0.39 is 0 Å². The van der Waals surface area contributed by atoms with Gasteiger partial charge in [0.25, 0.3) is 0 Å². The summed E-state index contributed by atoms with van der Waals surface area (Å²) in [5.41, 5.74) is 1.24. The molecule has 1 aliphatic rings. The van der Waals surface area contributed by atoms with Crippen LogP contribution in [-0.4, -0.2) is 35.0 Å². The molecule has 5 heteroatoms. The van der Waals surface area contributed by atoms with Crippen LogP contribution < -0.4 is 0 Å². The molecule has 0 bridgehead atoms. The van der Waals surface area contributed by atoms with E-state index in [1.165, 1.54) is 0 Å². The number of rotatable bonds is 4. The number of aliphatic hydroxyl groups excluding tert-OH is 1. The van der Waals surface area contributed by atoms with Gasteiger partial charge in [0.05, 0.1) is 17.8 Å². The molecule has 1 aliphatic heterocycles. The quantitative estimate of drug-likeness (QED) is 0.866. The van der Waals surface area contributed by atoms with Gasteiger partial charge < -0.3 is 14.4 Å². The second-order valence-electron chi connectivity index (χ2n) is 6.58. The van der Waals surface area contributed by atoms with Gasteiger partial charge in [-0.2, -0.15) is 0 Å². The zero-order valence-corrected chi connectivity index (χ0v) is 13.5. The van der Waals surface area contributed by atoms with Gasteiger partial charge in [0.2, 0.25) is 0 Å². The minimum absolute atomic E-state index is 0.0612. The van der Waals surface area contributed by atoms with Gasteiger partial charge in [0.1, 0.15) is 0 Å². The fourth-order valence-corrected chi connectivity index (χ4v) is 2.06. The molecule has 2 heterocycles. The molecule has 0 aromatic carbocycles. The number of aliphatic hydroxyl groups is 1. The molecule has 1 atom stereocenters. The van der Waals surface area contributed by atoms with Crippen molar-refractivity contribution in [2.24, 2.45) is 0 Å². The summed E-state index contributed by atoms with van der Waals surface area (Å²) in [6, 6.07) is 3.92. The summed E-state index contributed by atoms with van der Waals surface area (Å²) in [6.45, 7) is 10.2. The van der Waals surface area contributed by atoms with E-state index >= 15 is 0 Å². The Hall–Kier alpha value is -1.17. The lowest BCUT2D eigenvalue weighted by molar-refractivity contribution is 0.00578. The van der Waals surface area contributed by atoms with Crippen LogP contribution in [0.1, 0.15) is 51.8 Å². The SMILES string of the molecule is CC(CO)c1ccc(/C=C/B2OC(C)(C)C(C)(C)O2)cn1. The molecule has 1 N–H and O–H groups in total. The summed E-state index contributed by atoms with van der Waals surface area (Å²) < 4.78 is 11.8. The molecule has 2 rings (SSSR count). The lowest BCUT2D eigenvalue weighted by Gasteiger charge is -2.32. The smallest absolute Gasteiger partial charge is 0.400 e. The Bertz CT molecular complexity index is 495. The number of pyridine rings is 1. The first kappa shape index (κ1) is 16.2. The van der Waals surface area contributed by atoms with E-state index in [0.29, 0.717) is 0 Å². The Labute approximate surface area is 127 Å². The van der Waals surface area contributed by atoms with Crippen molar-refractivity contribution >= 4 is 13.2 Å². The fraction of sp³-hybridized carbons (Fsp3) is 0.562. The van der Waals surface area contributed by atoms with E-state index in [1.807, 2.05) is 58.8 Å². The summed E-state index contributed by atoms with van der Waals surface area (Å²) in [4.78, 5) is 4.36. The highest BCUT2D eigenvalue weighted by Crippen LogP contribution is 2.37. The average molecular weight is 289 g/mol. The summed E-state index contributed by atoms with van der Waals surface area (Å²) in [5, 5.41) is 9.12. The van der Waals surface area contributed by atoms with Crippen molar-refractivity contribution in [1.82, 2.24) is 4.98 Å². The molecular formula is C16H24BNO3. The molecule has 1 saturated heterocycles. The number of aromatic nitrogens is 1. The predicted octanol–water partition coefficient (Wildman–Crippen LogP) is 2.82. The molecule has 0 spiro atoms. The molecule has 0 saturated carbocycles.